The molecule has 0 amide bonds. The number of nitrogens with one attached hydrogen (secondary N) is 1. The molecule has 1 fully saturated rings. The highest BCUT2D eigenvalue weighted by atomic mass is 16.6. The minimum Gasteiger partial charge on any atom is -0.455 e. The van der Waals surface area contributed by atoms with Gasteiger partial charge in [-0.05, 0) is 33.2 Å². The van der Waals surface area contributed by atoms with Crippen molar-refractivity contribution in [3.8, 4) is 0 Å². The number of piperidine rings is 1. The smallest absolute Gasteiger partial charge is 0.333 e. The molecule has 74 valence electrons. The summed E-state index contributed by atoms with van der Waals surface area (Å²) in [6, 6.07) is 0. The Morgan fingerprint density at radius 3 is 2.77 bits per heavy atom. The molecule has 1 atom stereocenters. The molecule has 1 N–H and O–H groups in total. The number of hydrogen-bond acceptors (Lipinski definition) is 3. The van der Waals surface area contributed by atoms with E-state index in [1.165, 1.54) is 0 Å². The zero-order valence-electron chi connectivity index (χ0n) is 8.35. The normalized spacial score (nSPS) is 28.2. The molecule has 1 rings (SSSR count). The number of rotatable bonds is 2. The van der Waals surface area contributed by atoms with Crippen molar-refractivity contribution in [2.24, 2.45) is 0 Å². The van der Waals surface area contributed by atoms with Crippen LogP contribution in [-0.4, -0.2) is 24.7 Å². The number of carbonyl (C=O) groups excluding carboxylic acids is 1. The quantitative estimate of drug-likeness (QED) is 0.517. The highest BCUT2D eigenvalue weighted by Gasteiger charge is 2.30. The molecule has 1 aliphatic rings. The number of esters is 1. The molecule has 0 aromatic carbocycles. The average Bonchev–Trinajstić information content (AvgIpc) is 2.04. The van der Waals surface area contributed by atoms with Gasteiger partial charge < -0.3 is 10.1 Å². The van der Waals surface area contributed by atoms with Crippen molar-refractivity contribution < 1.29 is 9.53 Å². The molecule has 1 heterocycles. The third-order valence-corrected chi connectivity index (χ3v) is 2.25. The minimum atomic E-state index is -0.339. The molecule has 3 nitrogen and oxygen atoms in total. The first-order chi connectivity index (χ1) is 6.03. The summed E-state index contributed by atoms with van der Waals surface area (Å²) < 4.78 is 5.34. The van der Waals surface area contributed by atoms with E-state index in [9.17, 15) is 4.79 Å². The van der Waals surface area contributed by atoms with Gasteiger partial charge in [0.05, 0.1) is 0 Å². The second-order valence-electron chi connectivity index (χ2n) is 3.90. The Labute approximate surface area is 79.2 Å². The van der Waals surface area contributed by atoms with Crippen LogP contribution >= 0.6 is 0 Å². The molecule has 0 aromatic heterocycles. The molecule has 0 radical (unpaired) electrons. The van der Waals surface area contributed by atoms with Crippen molar-refractivity contribution in [3.05, 3.63) is 12.2 Å². The Morgan fingerprint density at radius 2 is 2.31 bits per heavy atom. The summed E-state index contributed by atoms with van der Waals surface area (Å²) in [5, 5.41) is 3.21. The van der Waals surface area contributed by atoms with Crippen LogP contribution in [0.5, 0.6) is 0 Å². The van der Waals surface area contributed by atoms with Crippen LogP contribution in [0.4, 0.5) is 0 Å². The summed E-state index contributed by atoms with van der Waals surface area (Å²) in [5.74, 6) is -0.286. The van der Waals surface area contributed by atoms with Crippen molar-refractivity contribution >= 4 is 5.97 Å². The van der Waals surface area contributed by atoms with Gasteiger partial charge in [-0.3, -0.25) is 0 Å². The number of ether oxygens (including phenoxy) is 1. The van der Waals surface area contributed by atoms with Crippen molar-refractivity contribution in [1.82, 2.24) is 5.32 Å². The monoisotopic (exact) mass is 183 g/mol. The third-order valence-electron chi connectivity index (χ3n) is 2.25. The van der Waals surface area contributed by atoms with Gasteiger partial charge in [-0.25, -0.2) is 4.79 Å². The molecule has 0 spiro atoms. The molecule has 0 saturated carbocycles. The fraction of sp³-hybridized carbons (Fsp3) is 0.700. The molecular formula is C10H17NO2. The summed E-state index contributed by atoms with van der Waals surface area (Å²) in [7, 11) is 0. The SMILES string of the molecule is C=C(C)C(=O)OC1(C)CCCNC1. The summed E-state index contributed by atoms with van der Waals surface area (Å²) in [5.41, 5.74) is 0.126. The van der Waals surface area contributed by atoms with Gasteiger partial charge in [0.25, 0.3) is 0 Å². The first-order valence-corrected chi connectivity index (χ1v) is 4.63. The zero-order valence-corrected chi connectivity index (χ0v) is 8.35. The van der Waals surface area contributed by atoms with Crippen LogP contribution in [0.25, 0.3) is 0 Å². The zero-order chi connectivity index (χ0) is 9.90. The van der Waals surface area contributed by atoms with E-state index < -0.39 is 0 Å². The standard InChI is InChI=1S/C10H17NO2/c1-8(2)9(12)13-10(3)5-4-6-11-7-10/h11H,1,4-7H2,2-3H3. The second kappa shape index (κ2) is 3.92. The number of carbonyl (C=O) groups is 1. The predicted octanol–water partition coefficient (Wildman–Crippen LogP) is 1.25. The van der Waals surface area contributed by atoms with E-state index in [4.69, 9.17) is 4.74 Å². The van der Waals surface area contributed by atoms with Crippen LogP contribution in [-0.2, 0) is 9.53 Å². The summed E-state index contributed by atoms with van der Waals surface area (Å²) in [6.07, 6.45) is 1.99. The maximum Gasteiger partial charge on any atom is 0.333 e. The van der Waals surface area contributed by atoms with Crippen molar-refractivity contribution in [2.45, 2.75) is 32.3 Å². The highest BCUT2D eigenvalue weighted by molar-refractivity contribution is 5.87. The average molecular weight is 183 g/mol. The summed E-state index contributed by atoms with van der Waals surface area (Å²) in [6.45, 7) is 8.94. The van der Waals surface area contributed by atoms with Gasteiger partial charge >= 0.3 is 5.97 Å². The molecule has 3 heteroatoms. The molecule has 1 unspecified atom stereocenters. The van der Waals surface area contributed by atoms with Gasteiger partial charge in [0.15, 0.2) is 0 Å². The third kappa shape index (κ3) is 2.84. The lowest BCUT2D eigenvalue weighted by molar-refractivity contribution is -0.154. The van der Waals surface area contributed by atoms with E-state index in [1.807, 2.05) is 6.92 Å². The van der Waals surface area contributed by atoms with Crippen LogP contribution in [0.15, 0.2) is 12.2 Å². The molecule has 0 aromatic rings. The van der Waals surface area contributed by atoms with Crippen molar-refractivity contribution in [3.63, 3.8) is 0 Å². The fourth-order valence-electron chi connectivity index (χ4n) is 1.43. The molecule has 1 saturated heterocycles. The maximum absolute atomic E-state index is 11.3. The van der Waals surface area contributed by atoms with E-state index in [-0.39, 0.29) is 11.6 Å². The van der Waals surface area contributed by atoms with Gasteiger partial charge in [-0.2, -0.15) is 0 Å². The second-order valence-corrected chi connectivity index (χ2v) is 3.90. The van der Waals surface area contributed by atoms with Crippen molar-refractivity contribution in [2.75, 3.05) is 13.1 Å². The lowest BCUT2D eigenvalue weighted by Crippen LogP contribution is -2.46. The van der Waals surface area contributed by atoms with E-state index in [2.05, 4.69) is 11.9 Å². The van der Waals surface area contributed by atoms with Crippen LogP contribution < -0.4 is 5.32 Å². The Kier molecular flexibility index (Phi) is 3.09. The van der Waals surface area contributed by atoms with Gasteiger partial charge in [0.2, 0.25) is 0 Å². The van der Waals surface area contributed by atoms with Gasteiger partial charge in [-0.1, -0.05) is 6.58 Å². The van der Waals surface area contributed by atoms with Crippen LogP contribution in [0.1, 0.15) is 26.7 Å². The Balaban J connectivity index is 2.50. The lowest BCUT2D eigenvalue weighted by Gasteiger charge is -2.33. The topological polar surface area (TPSA) is 38.3 Å². The summed E-state index contributed by atoms with van der Waals surface area (Å²) in [4.78, 5) is 11.3. The Morgan fingerprint density at radius 1 is 1.62 bits per heavy atom. The molecular weight excluding hydrogens is 166 g/mol. The van der Waals surface area contributed by atoms with Gasteiger partial charge in [0, 0.05) is 12.1 Å². The largest absolute Gasteiger partial charge is 0.455 e. The first kappa shape index (κ1) is 10.3. The van der Waals surface area contributed by atoms with Gasteiger partial charge in [-0.15, -0.1) is 0 Å². The van der Waals surface area contributed by atoms with Crippen LogP contribution in [0, 0.1) is 0 Å². The van der Waals surface area contributed by atoms with Crippen molar-refractivity contribution in [1.29, 1.82) is 0 Å². The lowest BCUT2D eigenvalue weighted by atomic mass is 9.96. The van der Waals surface area contributed by atoms with E-state index in [0.717, 1.165) is 25.9 Å². The Bertz CT molecular complexity index is 217. The molecule has 1 aliphatic heterocycles. The highest BCUT2D eigenvalue weighted by Crippen LogP contribution is 2.20. The fourth-order valence-corrected chi connectivity index (χ4v) is 1.43. The molecule has 0 aliphatic carbocycles. The predicted molar refractivity (Wildman–Crippen MR) is 51.4 cm³/mol. The van der Waals surface area contributed by atoms with Crippen LogP contribution in [0.3, 0.4) is 0 Å². The summed E-state index contributed by atoms with van der Waals surface area (Å²) >= 11 is 0. The van der Waals surface area contributed by atoms with E-state index in [1.54, 1.807) is 6.92 Å². The van der Waals surface area contributed by atoms with E-state index >= 15 is 0 Å². The number of hydrogen-bond donors (Lipinski definition) is 1. The molecule has 0 bridgehead atoms. The van der Waals surface area contributed by atoms with Crippen LogP contribution in [0.2, 0.25) is 0 Å². The first-order valence-electron chi connectivity index (χ1n) is 4.63. The molecule has 13 heavy (non-hydrogen) atoms. The minimum absolute atomic E-state index is 0.286. The van der Waals surface area contributed by atoms with Gasteiger partial charge in [0.1, 0.15) is 5.60 Å². The van der Waals surface area contributed by atoms with E-state index in [0.29, 0.717) is 5.57 Å². The Hall–Kier alpha value is -0.830. The maximum atomic E-state index is 11.3.